The number of benzene rings is 1. The third kappa shape index (κ3) is 3.63. The zero-order valence-electron chi connectivity index (χ0n) is 11.6. The van der Waals surface area contributed by atoms with Gasteiger partial charge >= 0.3 is 11.9 Å². The summed E-state index contributed by atoms with van der Waals surface area (Å²) in [5.74, 6) is -0.910. The van der Waals surface area contributed by atoms with Gasteiger partial charge in [0.05, 0.1) is 6.42 Å². The topological polar surface area (TPSA) is 96.3 Å². The Hall–Kier alpha value is -2.28. The smallest absolute Gasteiger partial charge is 0.325 e. The summed E-state index contributed by atoms with van der Waals surface area (Å²) in [6, 6.07) is 4.03. The third-order valence-electron chi connectivity index (χ3n) is 3.24. The number of fused-ring (bicyclic) bond motifs is 1. The van der Waals surface area contributed by atoms with Gasteiger partial charge in [-0.3, -0.25) is 14.5 Å². The highest BCUT2D eigenvalue weighted by molar-refractivity contribution is 5.76. The van der Waals surface area contributed by atoms with Crippen molar-refractivity contribution in [1.82, 2.24) is 4.90 Å². The number of hydrogen-bond acceptors (Lipinski definition) is 5. The van der Waals surface area contributed by atoms with Crippen molar-refractivity contribution in [2.24, 2.45) is 0 Å². The lowest BCUT2D eigenvalue weighted by Gasteiger charge is -2.26. The number of ether oxygens (including phenoxy) is 2. The number of carbonyl (C=O) groups is 2. The lowest BCUT2D eigenvalue weighted by molar-refractivity contribution is -0.144. The fourth-order valence-corrected chi connectivity index (χ4v) is 2.22. The third-order valence-corrected chi connectivity index (χ3v) is 3.24. The van der Waals surface area contributed by atoms with Crippen LogP contribution in [0.25, 0.3) is 0 Å². The van der Waals surface area contributed by atoms with Crippen LogP contribution >= 0.6 is 0 Å². The number of carboxylic acids is 2. The maximum absolute atomic E-state index is 11.5. The van der Waals surface area contributed by atoms with Gasteiger partial charge < -0.3 is 19.7 Å². The fourth-order valence-electron chi connectivity index (χ4n) is 2.22. The van der Waals surface area contributed by atoms with E-state index in [9.17, 15) is 14.7 Å². The molecule has 1 unspecified atom stereocenters. The van der Waals surface area contributed by atoms with Crippen LogP contribution in [0.2, 0.25) is 0 Å². The monoisotopic (exact) mass is 295 g/mol. The van der Waals surface area contributed by atoms with Crippen LogP contribution in [0.1, 0.15) is 18.0 Å². The molecule has 2 N–H and O–H groups in total. The highest BCUT2D eigenvalue weighted by atomic mass is 16.6. The Morgan fingerprint density at radius 3 is 2.52 bits per heavy atom. The van der Waals surface area contributed by atoms with Crippen LogP contribution in [0.3, 0.4) is 0 Å². The summed E-state index contributed by atoms with van der Waals surface area (Å²) in [6.07, 6.45) is -0.120. The molecule has 1 heterocycles. The molecule has 0 amide bonds. The highest BCUT2D eigenvalue weighted by Crippen LogP contribution is 2.34. The molecule has 0 fully saturated rings. The van der Waals surface area contributed by atoms with Gasteiger partial charge in [0.1, 0.15) is 19.3 Å². The number of hydrogen-bond donors (Lipinski definition) is 2. The highest BCUT2D eigenvalue weighted by Gasteiger charge is 2.26. The summed E-state index contributed by atoms with van der Waals surface area (Å²) < 4.78 is 10.8. The number of aliphatic carboxylic acids is 2. The minimum absolute atomic E-state index is 0.120. The van der Waals surface area contributed by atoms with Gasteiger partial charge in [-0.2, -0.15) is 0 Å². The Morgan fingerprint density at radius 2 is 1.90 bits per heavy atom. The minimum Gasteiger partial charge on any atom is -0.486 e. The molecule has 0 bridgehead atoms. The number of rotatable bonds is 6. The van der Waals surface area contributed by atoms with E-state index in [0.29, 0.717) is 30.3 Å². The molecule has 0 saturated carbocycles. The van der Waals surface area contributed by atoms with E-state index in [4.69, 9.17) is 14.6 Å². The predicted molar refractivity (Wildman–Crippen MR) is 72.7 cm³/mol. The lowest BCUT2D eigenvalue weighted by Crippen LogP contribution is -2.32. The second-order valence-electron chi connectivity index (χ2n) is 4.77. The molecule has 1 aromatic rings. The van der Waals surface area contributed by atoms with E-state index >= 15 is 0 Å². The Morgan fingerprint density at radius 1 is 1.24 bits per heavy atom. The van der Waals surface area contributed by atoms with Gasteiger partial charge in [0.2, 0.25) is 0 Å². The van der Waals surface area contributed by atoms with Crippen LogP contribution in [0.15, 0.2) is 18.2 Å². The van der Waals surface area contributed by atoms with Gasteiger partial charge in [-0.25, -0.2) is 0 Å². The Kier molecular flexibility index (Phi) is 4.64. The molecule has 0 radical (unpaired) electrons. The molecular formula is C14H17NO6. The van der Waals surface area contributed by atoms with Gasteiger partial charge in [-0.05, 0) is 24.7 Å². The Bertz CT molecular complexity index is 544. The minimum atomic E-state index is -1.04. The van der Waals surface area contributed by atoms with E-state index in [-0.39, 0.29) is 13.0 Å². The van der Waals surface area contributed by atoms with Crippen LogP contribution in [0.5, 0.6) is 11.5 Å². The van der Waals surface area contributed by atoms with E-state index in [1.54, 1.807) is 25.2 Å². The van der Waals surface area contributed by atoms with Crippen LogP contribution in [0, 0.1) is 0 Å². The fraction of sp³-hybridized carbons (Fsp3) is 0.429. The average Bonchev–Trinajstić information content (AvgIpc) is 2.45. The van der Waals surface area contributed by atoms with Crippen molar-refractivity contribution in [1.29, 1.82) is 0 Å². The van der Waals surface area contributed by atoms with Crippen LogP contribution in [-0.4, -0.2) is 53.9 Å². The molecule has 1 aromatic carbocycles. The van der Waals surface area contributed by atoms with E-state index in [2.05, 4.69) is 0 Å². The molecule has 0 aliphatic carbocycles. The first-order chi connectivity index (χ1) is 9.99. The van der Waals surface area contributed by atoms with Gasteiger partial charge in [0, 0.05) is 6.54 Å². The van der Waals surface area contributed by atoms with Crippen LogP contribution in [0.4, 0.5) is 0 Å². The molecule has 1 atom stereocenters. The second-order valence-corrected chi connectivity index (χ2v) is 4.77. The molecule has 21 heavy (non-hydrogen) atoms. The first-order valence-corrected chi connectivity index (χ1v) is 6.53. The largest absolute Gasteiger partial charge is 0.486 e. The predicted octanol–water partition coefficient (Wildman–Crippen LogP) is 0.990. The molecule has 114 valence electrons. The summed E-state index contributed by atoms with van der Waals surface area (Å²) in [5, 5.41) is 18.1. The van der Waals surface area contributed by atoms with Crippen molar-refractivity contribution in [2.75, 3.05) is 26.8 Å². The van der Waals surface area contributed by atoms with Crippen molar-refractivity contribution in [3.8, 4) is 11.5 Å². The number of nitrogens with zero attached hydrogens (tertiary/aromatic N) is 1. The molecule has 7 nitrogen and oxygen atoms in total. The number of likely N-dealkylation sites (N-methyl/N-ethyl adjacent to an activating group) is 1. The first-order valence-electron chi connectivity index (χ1n) is 6.53. The van der Waals surface area contributed by atoms with E-state index in [0.717, 1.165) is 0 Å². The molecule has 7 heteroatoms. The second kappa shape index (κ2) is 6.45. The molecular weight excluding hydrogens is 278 g/mol. The summed E-state index contributed by atoms with van der Waals surface area (Å²) in [4.78, 5) is 23.6. The lowest BCUT2D eigenvalue weighted by atomic mass is 10.0. The zero-order valence-corrected chi connectivity index (χ0v) is 11.6. The van der Waals surface area contributed by atoms with Crippen LogP contribution in [-0.2, 0) is 9.59 Å². The van der Waals surface area contributed by atoms with Crippen molar-refractivity contribution in [2.45, 2.75) is 12.5 Å². The first kappa shape index (κ1) is 15.1. The zero-order chi connectivity index (χ0) is 15.4. The van der Waals surface area contributed by atoms with Gasteiger partial charge in [0.25, 0.3) is 0 Å². The van der Waals surface area contributed by atoms with Crippen molar-refractivity contribution >= 4 is 11.9 Å². The van der Waals surface area contributed by atoms with E-state index < -0.39 is 18.0 Å². The quantitative estimate of drug-likeness (QED) is 0.807. The Balaban J connectivity index is 2.21. The number of carboxylic acid groups (broad SMARTS) is 2. The molecule has 2 rings (SSSR count). The molecule has 0 spiro atoms. The van der Waals surface area contributed by atoms with Gasteiger partial charge in [-0.15, -0.1) is 0 Å². The maximum atomic E-state index is 11.5. The maximum Gasteiger partial charge on any atom is 0.325 e. The summed E-state index contributed by atoms with van der Waals surface area (Å²) in [6.45, 7) is 1.02. The molecule has 0 saturated heterocycles. The van der Waals surface area contributed by atoms with Crippen molar-refractivity contribution in [3.63, 3.8) is 0 Å². The van der Waals surface area contributed by atoms with Gasteiger partial charge in [0.15, 0.2) is 11.5 Å². The Labute approximate surface area is 121 Å². The molecule has 1 aliphatic heterocycles. The SMILES string of the molecule is CN(CCC(=O)O)C(C(=O)O)c1ccc2c(c1)OCCO2. The summed E-state index contributed by atoms with van der Waals surface area (Å²) >= 11 is 0. The molecule has 1 aliphatic rings. The van der Waals surface area contributed by atoms with E-state index in [1.165, 1.54) is 4.90 Å². The standard InChI is InChI=1S/C14H17NO6/c1-15(5-4-12(16)17)13(14(18)19)9-2-3-10-11(8-9)21-7-6-20-10/h2-3,8,13H,4-7H2,1H3,(H,16,17)(H,18,19). The van der Waals surface area contributed by atoms with Crippen molar-refractivity contribution < 1.29 is 29.3 Å². The average molecular weight is 295 g/mol. The van der Waals surface area contributed by atoms with Crippen LogP contribution < -0.4 is 9.47 Å². The van der Waals surface area contributed by atoms with E-state index in [1.807, 2.05) is 0 Å². The molecule has 0 aromatic heterocycles. The van der Waals surface area contributed by atoms with Crippen molar-refractivity contribution in [3.05, 3.63) is 23.8 Å². The summed E-state index contributed by atoms with van der Waals surface area (Å²) in [5.41, 5.74) is 0.527. The summed E-state index contributed by atoms with van der Waals surface area (Å²) in [7, 11) is 1.58. The normalized spacial score (nSPS) is 14.8. The van der Waals surface area contributed by atoms with Gasteiger partial charge in [-0.1, -0.05) is 6.07 Å².